The summed E-state index contributed by atoms with van der Waals surface area (Å²) in [4.78, 5) is 18.2. The third-order valence-corrected chi connectivity index (χ3v) is 6.45. The maximum absolute atomic E-state index is 13.9. The molecule has 0 aromatic heterocycles. The molecule has 148 valence electrons. The molecule has 0 saturated carbocycles. The van der Waals surface area contributed by atoms with Gasteiger partial charge in [-0.25, -0.2) is 0 Å². The molecule has 0 N–H and O–H groups in total. The third-order valence-electron chi connectivity index (χ3n) is 6.45. The number of benzene rings is 2. The number of rotatable bonds is 6. The maximum Gasteiger partial charge on any atom is 0.243 e. The molecule has 4 heteroatoms. The second kappa shape index (κ2) is 8.06. The predicted molar refractivity (Wildman–Crippen MR) is 111 cm³/mol. The highest BCUT2D eigenvalue weighted by Crippen LogP contribution is 2.37. The van der Waals surface area contributed by atoms with E-state index in [4.69, 9.17) is 4.74 Å². The summed E-state index contributed by atoms with van der Waals surface area (Å²) in [6, 6.07) is 19.0. The fourth-order valence-electron chi connectivity index (χ4n) is 4.87. The number of hydrogen-bond acceptors (Lipinski definition) is 3. The summed E-state index contributed by atoms with van der Waals surface area (Å²) in [5.41, 5.74) is 3.36. The van der Waals surface area contributed by atoms with Gasteiger partial charge < -0.3 is 9.64 Å². The number of likely N-dealkylation sites (N-methyl/N-ethyl adjacent to an activating group) is 1. The van der Waals surface area contributed by atoms with Crippen LogP contribution in [0.1, 0.15) is 23.1 Å². The summed E-state index contributed by atoms with van der Waals surface area (Å²) in [5, 5.41) is 0. The quantitative estimate of drug-likeness (QED) is 0.774. The molecule has 2 aliphatic rings. The van der Waals surface area contributed by atoms with Crippen molar-refractivity contribution in [2.24, 2.45) is 5.92 Å². The van der Waals surface area contributed by atoms with Crippen LogP contribution < -0.4 is 0 Å². The van der Waals surface area contributed by atoms with Crippen LogP contribution in [0.2, 0.25) is 0 Å². The predicted octanol–water partition coefficient (Wildman–Crippen LogP) is 3.15. The number of hydrogen-bond donors (Lipinski definition) is 0. The van der Waals surface area contributed by atoms with Crippen molar-refractivity contribution < 1.29 is 9.53 Å². The first-order valence-electron chi connectivity index (χ1n) is 10.2. The highest BCUT2D eigenvalue weighted by atomic mass is 16.5. The van der Waals surface area contributed by atoms with Crippen LogP contribution in [0.5, 0.6) is 0 Å². The minimum atomic E-state index is -0.499. The lowest BCUT2D eigenvalue weighted by atomic mass is 9.91. The number of carbonyl (C=O) groups is 1. The molecule has 4 rings (SSSR count). The Hall–Kier alpha value is -2.17. The van der Waals surface area contributed by atoms with E-state index < -0.39 is 5.54 Å². The number of methoxy groups -OCH3 is 1. The van der Waals surface area contributed by atoms with Gasteiger partial charge in [0.2, 0.25) is 5.91 Å². The van der Waals surface area contributed by atoms with Gasteiger partial charge in [-0.2, -0.15) is 0 Å². The largest absolute Gasteiger partial charge is 0.384 e. The highest BCUT2D eigenvalue weighted by Gasteiger charge is 2.49. The number of ether oxygens (including phenoxy) is 1. The molecule has 4 nitrogen and oxygen atoms in total. The zero-order valence-corrected chi connectivity index (χ0v) is 16.9. The normalized spacial score (nSPS) is 20.5. The van der Waals surface area contributed by atoms with Crippen molar-refractivity contribution in [2.75, 3.05) is 33.9 Å². The van der Waals surface area contributed by atoms with E-state index in [1.165, 1.54) is 16.7 Å². The topological polar surface area (TPSA) is 32.8 Å². The average Bonchev–Trinajstić information content (AvgIpc) is 3.34. The van der Waals surface area contributed by atoms with Crippen LogP contribution in [0.3, 0.4) is 0 Å². The average molecular weight is 379 g/mol. The molecule has 1 heterocycles. The van der Waals surface area contributed by atoms with Gasteiger partial charge in [0.15, 0.2) is 0 Å². The Morgan fingerprint density at radius 2 is 1.75 bits per heavy atom. The number of carbonyl (C=O) groups excluding carboxylic acids is 1. The first-order chi connectivity index (χ1) is 13.6. The van der Waals surface area contributed by atoms with E-state index in [2.05, 4.69) is 65.4 Å². The Morgan fingerprint density at radius 3 is 2.39 bits per heavy atom. The van der Waals surface area contributed by atoms with E-state index in [0.29, 0.717) is 5.92 Å². The number of likely N-dealkylation sites (tertiary alicyclic amines) is 1. The van der Waals surface area contributed by atoms with Gasteiger partial charge in [-0.1, -0.05) is 54.6 Å². The summed E-state index contributed by atoms with van der Waals surface area (Å²) in [5.74, 6) is 0.731. The van der Waals surface area contributed by atoms with Crippen molar-refractivity contribution in [3.8, 4) is 0 Å². The zero-order chi connectivity index (χ0) is 19.6. The fourth-order valence-corrected chi connectivity index (χ4v) is 4.87. The Labute approximate surface area is 168 Å². The maximum atomic E-state index is 13.9. The lowest BCUT2D eigenvalue weighted by Gasteiger charge is -2.40. The van der Waals surface area contributed by atoms with E-state index in [1.807, 2.05) is 6.07 Å². The molecule has 0 bridgehead atoms. The van der Waals surface area contributed by atoms with E-state index in [9.17, 15) is 4.79 Å². The fraction of sp³-hybridized carbons (Fsp3) is 0.458. The van der Waals surface area contributed by atoms with Crippen LogP contribution >= 0.6 is 0 Å². The van der Waals surface area contributed by atoms with Crippen molar-refractivity contribution >= 4 is 5.91 Å². The Bertz CT molecular complexity index is 795. The van der Waals surface area contributed by atoms with Gasteiger partial charge >= 0.3 is 0 Å². The molecule has 1 amide bonds. The van der Waals surface area contributed by atoms with Gasteiger partial charge in [0, 0.05) is 45.5 Å². The molecule has 28 heavy (non-hydrogen) atoms. The van der Waals surface area contributed by atoms with Gasteiger partial charge in [-0.05, 0) is 30.2 Å². The second-order valence-corrected chi connectivity index (χ2v) is 8.36. The summed E-state index contributed by atoms with van der Waals surface area (Å²) in [7, 11) is 3.85. The monoisotopic (exact) mass is 378 g/mol. The molecule has 1 unspecified atom stereocenters. The molecule has 2 aromatic rings. The number of nitrogens with zero attached hydrogens (tertiary/aromatic N) is 2. The molecule has 0 spiro atoms. The molecule has 1 aliphatic carbocycles. The van der Waals surface area contributed by atoms with Crippen molar-refractivity contribution in [3.05, 3.63) is 71.3 Å². The summed E-state index contributed by atoms with van der Waals surface area (Å²) in [6.45, 7) is 3.15. The molecule has 0 radical (unpaired) electrons. The Balaban J connectivity index is 1.60. The first-order valence-corrected chi connectivity index (χ1v) is 10.2. The van der Waals surface area contributed by atoms with Crippen molar-refractivity contribution in [3.63, 3.8) is 0 Å². The summed E-state index contributed by atoms with van der Waals surface area (Å²) < 4.78 is 5.33. The molecule has 2 aromatic carbocycles. The first kappa shape index (κ1) is 19.2. The molecular formula is C24H30N2O2. The highest BCUT2D eigenvalue weighted by molar-refractivity contribution is 5.88. The smallest absolute Gasteiger partial charge is 0.243 e. The van der Waals surface area contributed by atoms with E-state index in [1.54, 1.807) is 7.11 Å². The number of amides is 1. The van der Waals surface area contributed by atoms with Gasteiger partial charge in [0.05, 0.1) is 6.61 Å². The second-order valence-electron chi connectivity index (χ2n) is 8.36. The summed E-state index contributed by atoms with van der Waals surface area (Å²) in [6.07, 6.45) is 2.61. The van der Waals surface area contributed by atoms with Crippen LogP contribution in [0.15, 0.2) is 54.6 Å². The minimum absolute atomic E-state index is 0.278. The van der Waals surface area contributed by atoms with Crippen LogP contribution in [-0.4, -0.2) is 55.1 Å². The van der Waals surface area contributed by atoms with E-state index >= 15 is 0 Å². The Morgan fingerprint density at radius 1 is 1.11 bits per heavy atom. The van der Waals surface area contributed by atoms with E-state index in [0.717, 1.165) is 45.5 Å². The lowest BCUT2D eigenvalue weighted by molar-refractivity contribution is -0.143. The number of fused-ring (bicyclic) bond motifs is 1. The Kier molecular flexibility index (Phi) is 5.51. The standard InChI is InChI=1S/C24H30N2O2/c1-25(16-19-8-4-3-5-9-19)24(14-21-10-6-7-11-22(21)15-24)23(27)26-13-12-20(17-26)18-28-2/h3-11,20H,12-18H2,1-2H3. The molecule has 1 saturated heterocycles. The van der Waals surface area contributed by atoms with Crippen LogP contribution in [0.4, 0.5) is 0 Å². The summed E-state index contributed by atoms with van der Waals surface area (Å²) >= 11 is 0. The molecule has 1 fully saturated rings. The van der Waals surface area contributed by atoms with Crippen LogP contribution in [0, 0.1) is 5.92 Å². The van der Waals surface area contributed by atoms with Crippen molar-refractivity contribution in [1.82, 2.24) is 9.80 Å². The van der Waals surface area contributed by atoms with Gasteiger partial charge in [0.25, 0.3) is 0 Å². The third kappa shape index (κ3) is 3.59. The van der Waals surface area contributed by atoms with Gasteiger partial charge in [0.1, 0.15) is 5.54 Å². The zero-order valence-electron chi connectivity index (χ0n) is 16.9. The molecule has 1 atom stereocenters. The van der Waals surface area contributed by atoms with Crippen LogP contribution in [0.25, 0.3) is 0 Å². The van der Waals surface area contributed by atoms with Crippen molar-refractivity contribution in [2.45, 2.75) is 31.3 Å². The minimum Gasteiger partial charge on any atom is -0.384 e. The van der Waals surface area contributed by atoms with Gasteiger partial charge in [-0.3, -0.25) is 9.69 Å². The van der Waals surface area contributed by atoms with Crippen LogP contribution in [-0.2, 0) is 28.9 Å². The van der Waals surface area contributed by atoms with Crippen molar-refractivity contribution in [1.29, 1.82) is 0 Å². The van der Waals surface area contributed by atoms with Gasteiger partial charge in [-0.15, -0.1) is 0 Å². The molecule has 1 aliphatic heterocycles. The SMILES string of the molecule is COCC1CCN(C(=O)C2(N(C)Cc3ccccc3)Cc3ccccc3C2)C1. The lowest BCUT2D eigenvalue weighted by Crippen LogP contribution is -2.58. The van der Waals surface area contributed by atoms with E-state index in [-0.39, 0.29) is 5.91 Å². The molecular weight excluding hydrogens is 348 g/mol.